The van der Waals surface area contributed by atoms with Gasteiger partial charge in [-0.15, -0.1) is 29.7 Å². The summed E-state index contributed by atoms with van der Waals surface area (Å²) < 4.78 is 0. The van der Waals surface area contributed by atoms with E-state index in [0.29, 0.717) is 0 Å². The summed E-state index contributed by atoms with van der Waals surface area (Å²) in [5.41, 5.74) is 5.53. The number of amides is 1. The van der Waals surface area contributed by atoms with Crippen LogP contribution in [-0.4, -0.2) is 15.9 Å². The number of nitrogens with one attached hydrogen (secondary N) is 1. The Morgan fingerprint density at radius 3 is 1.61 bits per heavy atom. The Bertz CT molecular complexity index is 806. The number of carbonyl (C=O) groups excluding carboxylic acids is 1. The van der Waals surface area contributed by atoms with Gasteiger partial charge in [-0.3, -0.25) is 0 Å². The maximum atomic E-state index is 8.47. The quantitative estimate of drug-likeness (QED) is 0.179. The van der Waals surface area contributed by atoms with Crippen molar-refractivity contribution in [3.63, 3.8) is 0 Å². The molecule has 0 spiro atoms. The molecule has 4 aromatic rings. The number of rotatable bonds is 2. The van der Waals surface area contributed by atoms with Gasteiger partial charge in [0.05, 0.1) is 0 Å². The molecule has 6 heteroatoms. The van der Waals surface area contributed by atoms with Gasteiger partial charge in [0.2, 0.25) is 0 Å². The molecule has 0 aliphatic carbocycles. The zero-order chi connectivity index (χ0) is 17.7. The van der Waals surface area contributed by atoms with Gasteiger partial charge < -0.3 is 35.3 Å². The first-order chi connectivity index (χ1) is 12.3. The van der Waals surface area contributed by atoms with Crippen molar-refractivity contribution in [1.82, 2.24) is 0 Å². The predicted octanol–water partition coefficient (Wildman–Crippen LogP) is -1.90. The zero-order valence-corrected chi connectivity index (χ0v) is 20.0. The van der Waals surface area contributed by atoms with Gasteiger partial charge in [-0.1, -0.05) is 77.1 Å². The second kappa shape index (κ2) is 17.5. The molecule has 140 valence electrons. The molecule has 0 saturated carbocycles. The molecule has 0 fully saturated rings. The van der Waals surface area contributed by atoms with Crippen LogP contribution in [0.3, 0.4) is 0 Å². The van der Waals surface area contributed by atoms with E-state index in [9.17, 15) is 0 Å². The van der Waals surface area contributed by atoms with Crippen molar-refractivity contribution in [3.8, 4) is 0 Å². The fourth-order valence-corrected chi connectivity index (χ4v) is 3.33. The largest absolute Gasteiger partial charge is 4.00 e. The molecule has 2 nitrogen and oxygen atoms in total. The van der Waals surface area contributed by atoms with E-state index < -0.39 is 0 Å². The van der Waals surface area contributed by atoms with E-state index in [2.05, 4.69) is 103 Å². The summed E-state index contributed by atoms with van der Waals surface area (Å²) in [5, 5.41) is 5.46. The van der Waals surface area contributed by atoms with Gasteiger partial charge in [0.1, 0.15) is 9.52 Å². The second-order valence-corrected chi connectivity index (χ2v) is 6.53. The molecular weight excluding hydrogens is 484 g/mol. The molecule has 0 aliphatic heterocycles. The molecule has 0 unspecified atom stereocenters. The summed E-state index contributed by atoms with van der Waals surface area (Å²) >= 11 is 0. The minimum atomic E-state index is 0. The van der Waals surface area contributed by atoms with Crippen LogP contribution in [0.1, 0.15) is 0 Å². The minimum absolute atomic E-state index is 0. The normalized spacial score (nSPS) is 8.29. The van der Waals surface area contributed by atoms with Gasteiger partial charge in [0, 0.05) is 6.41 Å². The molecule has 1 N–H and O–H groups in total. The number of fused-ring (bicyclic) bond motifs is 1. The molecule has 0 atom stereocenters. The van der Waals surface area contributed by atoms with E-state index in [4.69, 9.17) is 10.5 Å². The third-order valence-corrected chi connectivity index (χ3v) is 4.63. The SMILES string of the molecule is [Cl-].[Cl-].[NH-]C=O.[Zr+4].c1ccc([Si]c2ccccc2)cc1.c1ccc2[cH-]ccc2c1. The first-order valence-corrected chi connectivity index (χ1v) is 8.92. The molecule has 0 saturated heterocycles. The van der Waals surface area contributed by atoms with Crippen LogP contribution in [-0.2, 0) is 31.0 Å². The molecule has 0 bridgehead atoms. The predicted molar refractivity (Wildman–Crippen MR) is 108 cm³/mol. The van der Waals surface area contributed by atoms with Crippen LogP contribution in [0.25, 0.3) is 16.5 Å². The number of hydrogen-bond donors (Lipinski definition) is 0. The van der Waals surface area contributed by atoms with E-state index in [-0.39, 0.29) is 57.4 Å². The maximum Gasteiger partial charge on any atom is 4.00 e. The van der Waals surface area contributed by atoms with Gasteiger partial charge in [-0.25, -0.2) is 0 Å². The van der Waals surface area contributed by atoms with Crippen molar-refractivity contribution in [2.75, 3.05) is 0 Å². The van der Waals surface area contributed by atoms with Gasteiger partial charge >= 0.3 is 26.2 Å². The number of benzene rings is 3. The fourth-order valence-electron chi connectivity index (χ4n) is 2.28. The van der Waals surface area contributed by atoms with Crippen LogP contribution >= 0.6 is 0 Å². The minimum Gasteiger partial charge on any atom is -1.00 e. The smallest absolute Gasteiger partial charge is 1.00 e. The standard InChI is InChI=1S/C12H10Si.C9H7.CH3NO.2ClH.Zr/c1-3-7-11(8-4-1)13-12-9-5-2-6-10-12;1-2-5-9-7-3-6-8(9)4-1;2-1-3;;;/h1-10H;1-7H;1H,(H2,2,3);2*1H;/q;-1;;;;+4/p-3. The monoisotopic (exact) mass is 501 g/mol. The third-order valence-electron chi connectivity index (χ3n) is 3.38. The third kappa shape index (κ3) is 10.7. The molecule has 1 amide bonds. The Kier molecular flexibility index (Phi) is 17.9. The Morgan fingerprint density at radius 1 is 0.714 bits per heavy atom. The van der Waals surface area contributed by atoms with Crippen LogP contribution in [0.4, 0.5) is 0 Å². The number of carbonyl (C=O) groups is 1. The Labute approximate surface area is 200 Å². The van der Waals surface area contributed by atoms with Gasteiger partial charge in [0.25, 0.3) is 0 Å². The Morgan fingerprint density at radius 2 is 1.14 bits per heavy atom. The zero-order valence-electron chi connectivity index (χ0n) is 15.1. The van der Waals surface area contributed by atoms with E-state index >= 15 is 0 Å². The Hall–Kier alpha value is -1.58. The topological polar surface area (TPSA) is 40.9 Å². The second-order valence-electron chi connectivity index (χ2n) is 5.13. The summed E-state index contributed by atoms with van der Waals surface area (Å²) in [5.74, 6) is 0. The van der Waals surface area contributed by atoms with E-state index in [1.807, 2.05) is 0 Å². The van der Waals surface area contributed by atoms with Crippen LogP contribution in [0.15, 0.2) is 103 Å². The van der Waals surface area contributed by atoms with Crippen molar-refractivity contribution in [3.05, 3.63) is 109 Å². The first kappa shape index (κ1) is 28.6. The molecule has 4 aromatic carbocycles. The fraction of sp³-hybridized carbons (Fsp3) is 0. The molecule has 0 heterocycles. The van der Waals surface area contributed by atoms with Crippen LogP contribution in [0, 0.1) is 0 Å². The van der Waals surface area contributed by atoms with Crippen LogP contribution < -0.4 is 35.2 Å². The summed E-state index contributed by atoms with van der Waals surface area (Å²) in [6, 6.07) is 35.8. The van der Waals surface area contributed by atoms with Crippen LogP contribution in [0.2, 0.25) is 0 Å². The van der Waals surface area contributed by atoms with Gasteiger partial charge in [-0.2, -0.15) is 17.5 Å². The molecule has 2 radical (unpaired) electrons. The van der Waals surface area contributed by atoms with E-state index in [0.717, 1.165) is 9.52 Å². The molecular formula is C22H19Cl2NOSiZr. The van der Waals surface area contributed by atoms with Gasteiger partial charge in [0.15, 0.2) is 0 Å². The summed E-state index contributed by atoms with van der Waals surface area (Å²) in [4.78, 5) is 8.47. The number of halogens is 2. The Balaban J connectivity index is 0. The van der Waals surface area contributed by atoms with Crippen molar-refractivity contribution in [2.24, 2.45) is 0 Å². The van der Waals surface area contributed by atoms with E-state index in [1.165, 1.54) is 21.1 Å². The van der Waals surface area contributed by atoms with Crippen molar-refractivity contribution in [1.29, 1.82) is 0 Å². The number of hydrogen-bond acceptors (Lipinski definition) is 1. The summed E-state index contributed by atoms with van der Waals surface area (Å²) in [6.07, 6.45) is 0. The molecule has 4 rings (SSSR count). The average molecular weight is 504 g/mol. The summed E-state index contributed by atoms with van der Waals surface area (Å²) in [6.45, 7) is 0. The molecule has 0 aliphatic rings. The van der Waals surface area contributed by atoms with E-state index in [1.54, 1.807) is 0 Å². The maximum absolute atomic E-state index is 8.47. The molecule has 28 heavy (non-hydrogen) atoms. The molecule has 0 aromatic heterocycles. The van der Waals surface area contributed by atoms with Crippen molar-refractivity contribution < 1.29 is 55.8 Å². The first-order valence-electron chi connectivity index (χ1n) is 7.92. The van der Waals surface area contributed by atoms with Crippen molar-refractivity contribution >= 4 is 37.1 Å². The van der Waals surface area contributed by atoms with Crippen molar-refractivity contribution in [2.45, 2.75) is 0 Å². The summed E-state index contributed by atoms with van der Waals surface area (Å²) in [7, 11) is 0.777. The average Bonchev–Trinajstić information content (AvgIpc) is 3.13. The van der Waals surface area contributed by atoms with Gasteiger partial charge in [-0.05, 0) is 0 Å². The van der Waals surface area contributed by atoms with Crippen LogP contribution in [0.5, 0.6) is 0 Å².